The summed E-state index contributed by atoms with van der Waals surface area (Å²) in [5, 5.41) is 4.18. The lowest BCUT2D eigenvalue weighted by atomic mass is 9.95. The van der Waals surface area contributed by atoms with Gasteiger partial charge in [-0.2, -0.15) is 0 Å². The van der Waals surface area contributed by atoms with Gasteiger partial charge in [0.2, 0.25) is 0 Å². The first kappa shape index (κ1) is 14.4. The second-order valence-electron chi connectivity index (χ2n) is 5.75. The van der Waals surface area contributed by atoms with Crippen molar-refractivity contribution in [2.75, 3.05) is 7.05 Å². The first-order valence-corrected chi connectivity index (χ1v) is 7.69. The topological polar surface area (TPSA) is 21.3 Å². The molecule has 1 heterocycles. The Hall–Kier alpha value is -1.51. The Morgan fingerprint density at radius 3 is 2.76 bits per heavy atom. The van der Waals surface area contributed by atoms with E-state index in [4.69, 9.17) is 16.3 Å². The van der Waals surface area contributed by atoms with Crippen LogP contribution in [0.15, 0.2) is 36.4 Å². The number of ether oxygens (including phenoxy) is 1. The molecule has 0 saturated heterocycles. The third-order valence-electron chi connectivity index (χ3n) is 4.01. The van der Waals surface area contributed by atoms with E-state index in [-0.39, 0.29) is 12.1 Å². The standard InChI is InChI=1S/C18H20ClNO/c1-11-4-6-15(16(19)8-11)18(20-3)13-5-7-17-14(10-13)9-12(2)21-17/h4-8,10,12,18,20H,9H2,1-3H3. The molecule has 0 saturated carbocycles. The summed E-state index contributed by atoms with van der Waals surface area (Å²) >= 11 is 6.43. The number of hydrogen-bond donors (Lipinski definition) is 1. The van der Waals surface area contributed by atoms with Crippen molar-refractivity contribution in [3.05, 3.63) is 63.7 Å². The number of aryl methyl sites for hydroxylation is 1. The molecule has 1 aliphatic heterocycles. The van der Waals surface area contributed by atoms with Gasteiger partial charge in [0.15, 0.2) is 0 Å². The highest BCUT2D eigenvalue weighted by molar-refractivity contribution is 6.31. The Morgan fingerprint density at radius 2 is 2.05 bits per heavy atom. The average Bonchev–Trinajstić information content (AvgIpc) is 2.81. The summed E-state index contributed by atoms with van der Waals surface area (Å²) < 4.78 is 5.77. The molecule has 0 fully saturated rings. The number of nitrogens with one attached hydrogen (secondary N) is 1. The van der Waals surface area contributed by atoms with E-state index in [1.165, 1.54) is 16.7 Å². The molecule has 0 radical (unpaired) electrons. The third-order valence-corrected chi connectivity index (χ3v) is 4.34. The highest BCUT2D eigenvalue weighted by Crippen LogP contribution is 2.34. The van der Waals surface area contributed by atoms with Crippen LogP contribution in [0.4, 0.5) is 0 Å². The molecular formula is C18H20ClNO. The average molecular weight is 302 g/mol. The van der Waals surface area contributed by atoms with Gasteiger partial charge < -0.3 is 10.1 Å². The van der Waals surface area contributed by atoms with Crippen LogP contribution in [0.2, 0.25) is 5.02 Å². The van der Waals surface area contributed by atoms with Crippen LogP contribution in [0.5, 0.6) is 5.75 Å². The van der Waals surface area contributed by atoms with Crippen LogP contribution in [0.3, 0.4) is 0 Å². The van der Waals surface area contributed by atoms with E-state index in [0.717, 1.165) is 22.8 Å². The number of hydrogen-bond acceptors (Lipinski definition) is 2. The molecule has 2 unspecified atom stereocenters. The Kier molecular flexibility index (Phi) is 3.92. The normalized spacial score (nSPS) is 18.2. The number of fused-ring (bicyclic) bond motifs is 1. The summed E-state index contributed by atoms with van der Waals surface area (Å²) in [6.07, 6.45) is 1.24. The number of rotatable bonds is 3. The van der Waals surface area contributed by atoms with E-state index in [1.807, 2.05) is 13.1 Å². The molecular weight excluding hydrogens is 282 g/mol. The SMILES string of the molecule is CNC(c1ccc2c(c1)CC(C)O2)c1ccc(C)cc1Cl. The van der Waals surface area contributed by atoms with Gasteiger partial charge in [0, 0.05) is 11.4 Å². The fourth-order valence-corrected chi connectivity index (χ4v) is 3.33. The highest BCUT2D eigenvalue weighted by atomic mass is 35.5. The third kappa shape index (κ3) is 2.78. The summed E-state index contributed by atoms with van der Waals surface area (Å²) in [5.41, 5.74) is 4.79. The van der Waals surface area contributed by atoms with Crippen molar-refractivity contribution in [1.82, 2.24) is 5.32 Å². The summed E-state index contributed by atoms with van der Waals surface area (Å²) in [6, 6.07) is 12.7. The van der Waals surface area contributed by atoms with Crippen molar-refractivity contribution in [1.29, 1.82) is 0 Å². The molecule has 110 valence electrons. The van der Waals surface area contributed by atoms with E-state index >= 15 is 0 Å². The zero-order valence-corrected chi connectivity index (χ0v) is 13.4. The van der Waals surface area contributed by atoms with Gasteiger partial charge in [0.1, 0.15) is 11.9 Å². The first-order valence-electron chi connectivity index (χ1n) is 7.31. The van der Waals surface area contributed by atoms with Crippen molar-refractivity contribution in [3.63, 3.8) is 0 Å². The largest absolute Gasteiger partial charge is 0.490 e. The van der Waals surface area contributed by atoms with E-state index in [0.29, 0.717) is 0 Å². The summed E-state index contributed by atoms with van der Waals surface area (Å²) in [7, 11) is 1.97. The quantitative estimate of drug-likeness (QED) is 0.913. The molecule has 21 heavy (non-hydrogen) atoms. The monoisotopic (exact) mass is 301 g/mol. The lowest BCUT2D eigenvalue weighted by Gasteiger charge is -2.19. The van der Waals surface area contributed by atoms with Crippen molar-refractivity contribution in [2.24, 2.45) is 0 Å². The summed E-state index contributed by atoms with van der Waals surface area (Å²) in [5.74, 6) is 1.01. The van der Waals surface area contributed by atoms with E-state index in [1.54, 1.807) is 0 Å². The Bertz CT molecular complexity index is 668. The van der Waals surface area contributed by atoms with Gasteiger partial charge in [-0.15, -0.1) is 0 Å². The molecule has 0 spiro atoms. The van der Waals surface area contributed by atoms with Gasteiger partial charge in [0.25, 0.3) is 0 Å². The highest BCUT2D eigenvalue weighted by Gasteiger charge is 2.22. The van der Waals surface area contributed by atoms with Gasteiger partial charge in [-0.1, -0.05) is 35.9 Å². The zero-order chi connectivity index (χ0) is 15.0. The van der Waals surface area contributed by atoms with Crippen LogP contribution < -0.4 is 10.1 Å². The van der Waals surface area contributed by atoms with Crippen molar-refractivity contribution >= 4 is 11.6 Å². The zero-order valence-electron chi connectivity index (χ0n) is 12.6. The fourth-order valence-electron chi connectivity index (χ4n) is 2.99. The van der Waals surface area contributed by atoms with Crippen LogP contribution in [-0.4, -0.2) is 13.2 Å². The first-order chi connectivity index (χ1) is 10.1. The molecule has 1 aliphatic rings. The van der Waals surface area contributed by atoms with E-state index in [9.17, 15) is 0 Å². The molecule has 3 heteroatoms. The van der Waals surface area contributed by atoms with Crippen molar-refractivity contribution < 1.29 is 4.74 Å². The second-order valence-corrected chi connectivity index (χ2v) is 6.15. The van der Waals surface area contributed by atoms with Crippen LogP contribution in [0.25, 0.3) is 0 Å². The van der Waals surface area contributed by atoms with Crippen LogP contribution >= 0.6 is 11.6 Å². The lowest BCUT2D eigenvalue weighted by Crippen LogP contribution is -2.18. The molecule has 0 aromatic heterocycles. The molecule has 3 rings (SSSR count). The summed E-state index contributed by atoms with van der Waals surface area (Å²) in [6.45, 7) is 4.16. The van der Waals surface area contributed by atoms with Gasteiger partial charge in [-0.3, -0.25) is 0 Å². The maximum absolute atomic E-state index is 6.43. The number of halogens is 1. The Labute approximate surface area is 131 Å². The molecule has 0 amide bonds. The van der Waals surface area contributed by atoms with Gasteiger partial charge in [-0.05, 0) is 55.3 Å². The smallest absolute Gasteiger partial charge is 0.123 e. The lowest BCUT2D eigenvalue weighted by molar-refractivity contribution is 0.254. The van der Waals surface area contributed by atoms with Gasteiger partial charge in [-0.25, -0.2) is 0 Å². The predicted octanol–water partition coefficient (Wildman–Crippen LogP) is 4.28. The molecule has 2 nitrogen and oxygen atoms in total. The number of benzene rings is 2. The van der Waals surface area contributed by atoms with Crippen LogP contribution in [-0.2, 0) is 6.42 Å². The maximum Gasteiger partial charge on any atom is 0.123 e. The van der Waals surface area contributed by atoms with E-state index < -0.39 is 0 Å². The minimum Gasteiger partial charge on any atom is -0.490 e. The predicted molar refractivity (Wildman–Crippen MR) is 87.3 cm³/mol. The minimum absolute atomic E-state index is 0.0966. The van der Waals surface area contributed by atoms with Crippen molar-refractivity contribution in [2.45, 2.75) is 32.4 Å². The van der Waals surface area contributed by atoms with Crippen LogP contribution in [0.1, 0.15) is 35.2 Å². The Balaban J connectivity index is 1.99. The second kappa shape index (κ2) is 5.70. The molecule has 2 atom stereocenters. The van der Waals surface area contributed by atoms with E-state index in [2.05, 4.69) is 49.5 Å². The minimum atomic E-state index is 0.0966. The molecule has 1 N–H and O–H groups in total. The van der Waals surface area contributed by atoms with Crippen LogP contribution in [0, 0.1) is 6.92 Å². The fraction of sp³-hybridized carbons (Fsp3) is 0.333. The summed E-state index contributed by atoms with van der Waals surface area (Å²) in [4.78, 5) is 0. The molecule has 2 aromatic carbocycles. The van der Waals surface area contributed by atoms with Gasteiger partial charge >= 0.3 is 0 Å². The molecule has 2 aromatic rings. The maximum atomic E-state index is 6.43. The van der Waals surface area contributed by atoms with Crippen molar-refractivity contribution in [3.8, 4) is 5.75 Å². The molecule has 0 aliphatic carbocycles. The van der Waals surface area contributed by atoms with Gasteiger partial charge in [0.05, 0.1) is 6.04 Å². The molecule has 0 bridgehead atoms. The Morgan fingerprint density at radius 1 is 1.24 bits per heavy atom.